The van der Waals surface area contributed by atoms with Gasteiger partial charge in [0.15, 0.2) is 0 Å². The van der Waals surface area contributed by atoms with Gasteiger partial charge in [-0.2, -0.15) is 0 Å². The van der Waals surface area contributed by atoms with Crippen LogP contribution in [0.15, 0.2) is 18.2 Å². The third-order valence-electron chi connectivity index (χ3n) is 4.41. The molecule has 1 aromatic carbocycles. The van der Waals surface area contributed by atoms with Gasteiger partial charge < -0.3 is 10.6 Å². The Hall–Kier alpha value is -1.64. The zero-order valence-electron chi connectivity index (χ0n) is 14.9. The van der Waals surface area contributed by atoms with Gasteiger partial charge in [-0.25, -0.2) is 12.7 Å². The van der Waals surface area contributed by atoms with Crippen molar-refractivity contribution in [1.82, 2.24) is 4.31 Å². The molecule has 2 N–H and O–H groups in total. The number of benzene rings is 1. The minimum atomic E-state index is -3.22. The molecule has 0 bridgehead atoms. The summed E-state index contributed by atoms with van der Waals surface area (Å²) in [5, 5.41) is 5.88. The maximum absolute atomic E-state index is 12.5. The first-order valence-corrected chi connectivity index (χ1v) is 10.6. The van der Waals surface area contributed by atoms with Crippen molar-refractivity contribution in [1.29, 1.82) is 0 Å². The lowest BCUT2D eigenvalue weighted by Crippen LogP contribution is -2.42. The van der Waals surface area contributed by atoms with Crippen molar-refractivity contribution in [3.63, 3.8) is 0 Å². The summed E-state index contributed by atoms with van der Waals surface area (Å²) in [5.74, 6) is -0.535. The van der Waals surface area contributed by atoms with Gasteiger partial charge >= 0.3 is 0 Å². The molecule has 1 saturated heterocycles. The molecule has 1 heterocycles. The Balaban J connectivity index is 2.00. The fourth-order valence-corrected chi connectivity index (χ4v) is 4.06. The van der Waals surface area contributed by atoms with E-state index >= 15 is 0 Å². The van der Waals surface area contributed by atoms with Crippen LogP contribution in [0.4, 0.5) is 11.4 Å². The summed E-state index contributed by atoms with van der Waals surface area (Å²) in [7, 11) is -3.22. The molecule has 0 atom stereocenters. The molecule has 9 heteroatoms. The minimum Gasteiger partial charge on any atom is -0.326 e. The van der Waals surface area contributed by atoms with Crippen molar-refractivity contribution < 1.29 is 18.0 Å². The van der Waals surface area contributed by atoms with Gasteiger partial charge in [0.1, 0.15) is 0 Å². The second-order valence-corrected chi connectivity index (χ2v) is 8.82. The number of carbonyl (C=O) groups is 2. The number of hydrogen-bond donors (Lipinski definition) is 2. The second-order valence-electron chi connectivity index (χ2n) is 6.16. The highest BCUT2D eigenvalue weighted by molar-refractivity contribution is 7.89. The van der Waals surface area contributed by atoms with Crippen molar-refractivity contribution in [3.8, 4) is 0 Å². The van der Waals surface area contributed by atoms with E-state index in [9.17, 15) is 18.0 Å². The molecule has 1 aliphatic heterocycles. The van der Waals surface area contributed by atoms with E-state index in [1.54, 1.807) is 32.0 Å². The summed E-state index contributed by atoms with van der Waals surface area (Å²) in [6.07, 6.45) is 1.29. The summed E-state index contributed by atoms with van der Waals surface area (Å²) >= 11 is 6.14. The molecule has 0 saturated carbocycles. The van der Waals surface area contributed by atoms with Crippen LogP contribution in [0, 0.1) is 5.92 Å². The van der Waals surface area contributed by atoms with Crippen LogP contribution in [0.3, 0.4) is 0 Å². The molecule has 0 radical (unpaired) electrons. The van der Waals surface area contributed by atoms with Crippen LogP contribution < -0.4 is 10.6 Å². The fraction of sp³-hybridized carbons (Fsp3) is 0.529. The highest BCUT2D eigenvalue weighted by atomic mass is 35.5. The first-order chi connectivity index (χ1) is 12.3. The van der Waals surface area contributed by atoms with Gasteiger partial charge in [0.05, 0.1) is 16.5 Å². The van der Waals surface area contributed by atoms with E-state index in [0.717, 1.165) is 0 Å². The number of hydrogen-bond acceptors (Lipinski definition) is 4. The van der Waals surface area contributed by atoms with Gasteiger partial charge in [-0.05, 0) is 38.0 Å². The second kappa shape index (κ2) is 8.83. The zero-order valence-corrected chi connectivity index (χ0v) is 16.5. The van der Waals surface area contributed by atoms with Crippen LogP contribution in [0.1, 0.15) is 33.1 Å². The fourth-order valence-electron chi connectivity index (χ4n) is 2.76. The summed E-state index contributed by atoms with van der Waals surface area (Å²) in [5.41, 5.74) is 0.981. The average Bonchev–Trinajstić information content (AvgIpc) is 2.64. The molecule has 1 aliphatic rings. The Morgan fingerprint density at radius 2 is 1.85 bits per heavy atom. The van der Waals surface area contributed by atoms with Gasteiger partial charge in [-0.15, -0.1) is 0 Å². The molecule has 0 spiro atoms. The molecule has 2 rings (SSSR count). The number of nitrogens with zero attached hydrogens (tertiary/aromatic N) is 1. The number of halogens is 1. The molecular formula is C17H24ClN3O4S. The number of amides is 2. The topological polar surface area (TPSA) is 95.6 Å². The van der Waals surface area contributed by atoms with Gasteiger partial charge in [0.2, 0.25) is 21.8 Å². The van der Waals surface area contributed by atoms with E-state index in [2.05, 4.69) is 10.6 Å². The number of rotatable bonds is 6. The Morgan fingerprint density at radius 1 is 1.19 bits per heavy atom. The van der Waals surface area contributed by atoms with E-state index in [4.69, 9.17) is 11.6 Å². The molecule has 0 aromatic heterocycles. The summed E-state index contributed by atoms with van der Waals surface area (Å²) in [6.45, 7) is 4.04. The van der Waals surface area contributed by atoms with E-state index < -0.39 is 10.0 Å². The summed E-state index contributed by atoms with van der Waals surface area (Å²) in [4.78, 5) is 24.0. The third-order valence-corrected chi connectivity index (χ3v) is 6.62. The summed E-state index contributed by atoms with van der Waals surface area (Å²) in [6, 6.07) is 4.89. The highest BCUT2D eigenvalue weighted by Crippen LogP contribution is 2.28. The number of anilines is 2. The summed E-state index contributed by atoms with van der Waals surface area (Å²) < 4.78 is 25.2. The predicted molar refractivity (Wildman–Crippen MR) is 103 cm³/mol. The van der Waals surface area contributed by atoms with Gasteiger partial charge in [-0.1, -0.05) is 18.5 Å². The first-order valence-electron chi connectivity index (χ1n) is 8.65. The molecule has 26 heavy (non-hydrogen) atoms. The van der Waals surface area contributed by atoms with Gasteiger partial charge in [0, 0.05) is 31.1 Å². The van der Waals surface area contributed by atoms with Crippen molar-refractivity contribution in [2.45, 2.75) is 33.1 Å². The lowest BCUT2D eigenvalue weighted by atomic mass is 9.97. The number of carbonyl (C=O) groups excluding carboxylic acids is 2. The van der Waals surface area contributed by atoms with Crippen molar-refractivity contribution >= 4 is 44.8 Å². The predicted octanol–water partition coefficient (Wildman–Crippen LogP) is 2.69. The standard InChI is InChI=1S/C17H24ClN3O4S/c1-3-16(22)19-13-5-6-14(18)15(11-13)20-17(23)12-7-9-21(10-8-12)26(24,25)4-2/h5-6,11-12H,3-4,7-10H2,1-2H3,(H,19,22)(H,20,23). The third kappa shape index (κ3) is 5.18. The zero-order chi connectivity index (χ0) is 19.3. The minimum absolute atomic E-state index is 0.0652. The quantitative estimate of drug-likeness (QED) is 0.765. The van der Waals surface area contributed by atoms with Gasteiger partial charge in [0.25, 0.3) is 0 Å². The van der Waals surface area contributed by atoms with E-state index in [-0.39, 0.29) is 23.5 Å². The largest absolute Gasteiger partial charge is 0.326 e. The highest BCUT2D eigenvalue weighted by Gasteiger charge is 2.30. The maximum atomic E-state index is 12.5. The monoisotopic (exact) mass is 401 g/mol. The van der Waals surface area contributed by atoms with Crippen LogP contribution in [-0.2, 0) is 19.6 Å². The Labute approximate surface area is 159 Å². The van der Waals surface area contributed by atoms with E-state index in [0.29, 0.717) is 48.7 Å². The number of piperidine rings is 1. The molecule has 144 valence electrons. The van der Waals surface area contributed by atoms with Crippen LogP contribution in [0.25, 0.3) is 0 Å². The van der Waals surface area contributed by atoms with Crippen molar-refractivity contribution in [2.75, 3.05) is 29.5 Å². The maximum Gasteiger partial charge on any atom is 0.227 e. The van der Waals surface area contributed by atoms with E-state index in [1.807, 2.05) is 0 Å². The lowest BCUT2D eigenvalue weighted by Gasteiger charge is -2.30. The molecule has 0 unspecified atom stereocenters. The first kappa shape index (κ1) is 20.7. The molecule has 0 aliphatic carbocycles. The Morgan fingerprint density at radius 3 is 2.42 bits per heavy atom. The van der Waals surface area contributed by atoms with Gasteiger partial charge in [-0.3, -0.25) is 9.59 Å². The molecule has 1 aromatic rings. The Kier molecular flexibility index (Phi) is 7.02. The molecular weight excluding hydrogens is 378 g/mol. The van der Waals surface area contributed by atoms with Crippen molar-refractivity contribution in [2.24, 2.45) is 5.92 Å². The van der Waals surface area contributed by atoms with Crippen LogP contribution in [0.2, 0.25) is 5.02 Å². The van der Waals surface area contributed by atoms with Crippen LogP contribution in [-0.4, -0.2) is 43.4 Å². The van der Waals surface area contributed by atoms with Crippen LogP contribution in [0.5, 0.6) is 0 Å². The average molecular weight is 402 g/mol. The molecule has 7 nitrogen and oxygen atoms in total. The normalized spacial score (nSPS) is 16.3. The smallest absolute Gasteiger partial charge is 0.227 e. The number of nitrogens with one attached hydrogen (secondary N) is 2. The van der Waals surface area contributed by atoms with Crippen LogP contribution >= 0.6 is 11.6 Å². The Bertz CT molecular complexity index is 774. The lowest BCUT2D eigenvalue weighted by molar-refractivity contribution is -0.121. The number of sulfonamides is 1. The molecule has 2 amide bonds. The SMILES string of the molecule is CCC(=O)Nc1ccc(Cl)c(NC(=O)C2CCN(S(=O)(=O)CC)CC2)c1. The molecule has 1 fully saturated rings. The van der Waals surface area contributed by atoms with E-state index in [1.165, 1.54) is 4.31 Å². The van der Waals surface area contributed by atoms with Crippen molar-refractivity contribution in [3.05, 3.63) is 23.2 Å².